The summed E-state index contributed by atoms with van der Waals surface area (Å²) in [4.78, 5) is 0. The zero-order valence-electron chi connectivity index (χ0n) is 3.96. The Morgan fingerprint density at radius 3 is 2.86 bits per heavy atom. The van der Waals surface area contributed by atoms with Gasteiger partial charge in [0.1, 0.15) is 0 Å². The lowest BCUT2D eigenvalue weighted by Gasteiger charge is -2.10. The normalized spacial score (nSPS) is 18.1. The van der Waals surface area contributed by atoms with E-state index in [2.05, 4.69) is 6.08 Å². The van der Waals surface area contributed by atoms with Crippen molar-refractivity contribution in [2.24, 2.45) is 5.84 Å². The molecule has 0 unspecified atom stereocenters. The lowest BCUT2D eigenvalue weighted by Crippen LogP contribution is -2.25. The molecule has 1 aliphatic rings. The predicted octanol–water partition coefficient (Wildman–Crippen LogP) is 0.0488. The number of allylic oxidation sites excluding steroid dienone is 2. The highest BCUT2D eigenvalue weighted by Crippen LogP contribution is 1.87. The average Bonchev–Trinajstić information content (AvgIpc) is 1.69. The molecule has 0 fully saturated rings. The molecule has 2 heteroatoms. The van der Waals surface area contributed by atoms with Crippen molar-refractivity contribution in [1.29, 1.82) is 0 Å². The van der Waals surface area contributed by atoms with Crippen LogP contribution in [0.1, 0.15) is 0 Å². The molecule has 0 bridgehead atoms. The molecule has 37 valence electrons. The molecule has 0 atom stereocenters. The van der Waals surface area contributed by atoms with Crippen molar-refractivity contribution in [3.8, 4) is 0 Å². The number of rotatable bonds is 0. The average molecular weight is 95.1 g/mol. The van der Waals surface area contributed by atoms with Gasteiger partial charge in [-0.1, -0.05) is 6.08 Å². The van der Waals surface area contributed by atoms with Crippen LogP contribution in [0.2, 0.25) is 0 Å². The topological polar surface area (TPSA) is 29.3 Å². The Kier molecular flexibility index (Phi) is 1.13. The summed E-state index contributed by atoms with van der Waals surface area (Å²) in [6, 6.07) is 0. The first kappa shape index (κ1) is 4.40. The molecule has 1 aliphatic heterocycles. The molecule has 0 aromatic carbocycles. The Labute approximate surface area is 42.9 Å². The van der Waals surface area contributed by atoms with E-state index in [0.29, 0.717) is 0 Å². The standard InChI is InChI=1S/C5H7N2/c6-7-4-2-1-3-5-7/h2-4H,5-6H2. The third-order valence-electron chi connectivity index (χ3n) is 0.782. The van der Waals surface area contributed by atoms with Crippen LogP contribution < -0.4 is 5.84 Å². The minimum Gasteiger partial charge on any atom is -0.314 e. The lowest BCUT2D eigenvalue weighted by atomic mass is 10.4. The van der Waals surface area contributed by atoms with E-state index in [1.165, 1.54) is 0 Å². The van der Waals surface area contributed by atoms with Gasteiger partial charge in [0.2, 0.25) is 0 Å². The maximum absolute atomic E-state index is 5.31. The number of hydrazine groups is 1. The minimum atomic E-state index is 0.774. The quantitative estimate of drug-likeness (QED) is 0.431. The Bertz CT molecular complexity index is 105. The minimum absolute atomic E-state index is 0.774. The summed E-state index contributed by atoms with van der Waals surface area (Å²) >= 11 is 0. The van der Waals surface area contributed by atoms with Crippen molar-refractivity contribution in [3.63, 3.8) is 0 Å². The van der Waals surface area contributed by atoms with Crippen LogP contribution in [-0.4, -0.2) is 11.6 Å². The van der Waals surface area contributed by atoms with Crippen molar-refractivity contribution in [2.45, 2.75) is 0 Å². The molecule has 2 N–H and O–H groups in total. The number of nitrogens with two attached hydrogens (primary N) is 1. The Hall–Kier alpha value is -0.760. The van der Waals surface area contributed by atoms with Crippen molar-refractivity contribution < 1.29 is 0 Å². The SMILES string of the molecule is NN1C=C[C]=CC1. The molecule has 0 aromatic rings. The zero-order chi connectivity index (χ0) is 5.11. The van der Waals surface area contributed by atoms with Crippen LogP contribution in [0.5, 0.6) is 0 Å². The zero-order valence-corrected chi connectivity index (χ0v) is 3.96. The van der Waals surface area contributed by atoms with Gasteiger partial charge in [-0.3, -0.25) is 0 Å². The van der Waals surface area contributed by atoms with Crippen LogP contribution in [0.25, 0.3) is 0 Å². The summed E-state index contributed by atoms with van der Waals surface area (Å²) in [5.41, 5.74) is 0. The fourth-order valence-corrected chi connectivity index (χ4v) is 0.426. The molecule has 0 saturated heterocycles. The molecule has 0 amide bonds. The molecule has 1 rings (SSSR count). The second kappa shape index (κ2) is 1.80. The third-order valence-corrected chi connectivity index (χ3v) is 0.782. The van der Waals surface area contributed by atoms with Gasteiger partial charge in [0.05, 0.1) is 6.54 Å². The second-order valence-corrected chi connectivity index (χ2v) is 1.38. The number of hydrogen-bond donors (Lipinski definition) is 1. The molecular weight excluding hydrogens is 88.1 g/mol. The van der Waals surface area contributed by atoms with Crippen molar-refractivity contribution in [2.75, 3.05) is 6.54 Å². The lowest BCUT2D eigenvalue weighted by molar-refractivity contribution is 0.433. The maximum Gasteiger partial charge on any atom is 0.0525 e. The van der Waals surface area contributed by atoms with Gasteiger partial charge in [-0.25, -0.2) is 5.84 Å². The van der Waals surface area contributed by atoms with E-state index in [1.54, 1.807) is 17.3 Å². The van der Waals surface area contributed by atoms with E-state index < -0.39 is 0 Å². The summed E-state index contributed by atoms with van der Waals surface area (Å²) in [5.74, 6) is 5.31. The Morgan fingerprint density at radius 2 is 2.57 bits per heavy atom. The third kappa shape index (κ3) is 1.05. The summed E-state index contributed by atoms with van der Waals surface area (Å²) in [5, 5.41) is 1.59. The molecule has 1 radical (unpaired) electrons. The highest BCUT2D eigenvalue weighted by atomic mass is 15.4. The Balaban J connectivity index is 2.49. The van der Waals surface area contributed by atoms with Crippen molar-refractivity contribution in [3.05, 3.63) is 24.4 Å². The van der Waals surface area contributed by atoms with Crippen LogP contribution in [0.15, 0.2) is 18.4 Å². The Morgan fingerprint density at radius 1 is 1.71 bits per heavy atom. The van der Waals surface area contributed by atoms with E-state index in [9.17, 15) is 0 Å². The van der Waals surface area contributed by atoms with Gasteiger partial charge < -0.3 is 5.01 Å². The highest BCUT2D eigenvalue weighted by molar-refractivity contribution is 5.00. The summed E-state index contributed by atoms with van der Waals surface area (Å²) in [6.07, 6.45) is 8.32. The molecule has 0 saturated carbocycles. The molecule has 7 heavy (non-hydrogen) atoms. The molecule has 0 aliphatic carbocycles. The molecular formula is C5H7N2. The first-order chi connectivity index (χ1) is 3.39. The van der Waals surface area contributed by atoms with Crippen LogP contribution >= 0.6 is 0 Å². The van der Waals surface area contributed by atoms with Gasteiger partial charge in [0, 0.05) is 6.20 Å². The first-order valence-electron chi connectivity index (χ1n) is 2.15. The van der Waals surface area contributed by atoms with Crippen LogP contribution in [0.4, 0.5) is 0 Å². The summed E-state index contributed by atoms with van der Waals surface area (Å²) in [6.45, 7) is 0.774. The van der Waals surface area contributed by atoms with Gasteiger partial charge in [-0.15, -0.1) is 0 Å². The number of hydrogen-bond acceptors (Lipinski definition) is 2. The van der Waals surface area contributed by atoms with Gasteiger partial charge in [-0.2, -0.15) is 0 Å². The monoisotopic (exact) mass is 95.1 g/mol. The van der Waals surface area contributed by atoms with Crippen LogP contribution in [0.3, 0.4) is 0 Å². The van der Waals surface area contributed by atoms with Gasteiger partial charge in [0.15, 0.2) is 0 Å². The highest BCUT2D eigenvalue weighted by Gasteiger charge is 1.87. The summed E-state index contributed by atoms with van der Waals surface area (Å²) in [7, 11) is 0. The number of nitrogens with zero attached hydrogens (tertiary/aromatic N) is 1. The summed E-state index contributed by atoms with van der Waals surface area (Å²) < 4.78 is 0. The van der Waals surface area contributed by atoms with E-state index in [1.807, 2.05) is 6.08 Å². The van der Waals surface area contributed by atoms with E-state index >= 15 is 0 Å². The van der Waals surface area contributed by atoms with E-state index in [-0.39, 0.29) is 0 Å². The molecule has 1 heterocycles. The second-order valence-electron chi connectivity index (χ2n) is 1.38. The van der Waals surface area contributed by atoms with Crippen LogP contribution in [0, 0.1) is 6.08 Å². The van der Waals surface area contributed by atoms with Crippen molar-refractivity contribution in [1.82, 2.24) is 5.01 Å². The maximum atomic E-state index is 5.31. The smallest absolute Gasteiger partial charge is 0.0525 e. The van der Waals surface area contributed by atoms with E-state index in [0.717, 1.165) is 6.54 Å². The predicted molar refractivity (Wildman–Crippen MR) is 27.8 cm³/mol. The molecule has 0 spiro atoms. The van der Waals surface area contributed by atoms with Crippen LogP contribution in [-0.2, 0) is 0 Å². The van der Waals surface area contributed by atoms with Crippen molar-refractivity contribution >= 4 is 0 Å². The van der Waals surface area contributed by atoms with Gasteiger partial charge in [0.25, 0.3) is 0 Å². The van der Waals surface area contributed by atoms with E-state index in [4.69, 9.17) is 5.84 Å². The molecule has 0 aromatic heterocycles. The fraction of sp³-hybridized carbons (Fsp3) is 0.200. The molecule has 2 nitrogen and oxygen atoms in total. The largest absolute Gasteiger partial charge is 0.314 e. The first-order valence-corrected chi connectivity index (χ1v) is 2.15. The fourth-order valence-electron chi connectivity index (χ4n) is 0.426. The van der Waals surface area contributed by atoms with Gasteiger partial charge in [-0.05, 0) is 12.2 Å². The van der Waals surface area contributed by atoms with Gasteiger partial charge >= 0.3 is 0 Å².